The zero-order valence-electron chi connectivity index (χ0n) is 19.2. The highest BCUT2D eigenvalue weighted by Gasteiger charge is 2.20. The number of amides is 1. The molecule has 178 valence electrons. The van der Waals surface area contributed by atoms with Gasteiger partial charge < -0.3 is 26.0 Å². The number of carbonyl (C=O) groups excluding carboxylic acids is 1. The number of sulfone groups is 1. The van der Waals surface area contributed by atoms with Gasteiger partial charge in [0.2, 0.25) is 0 Å². The van der Waals surface area contributed by atoms with Crippen molar-refractivity contribution in [1.29, 1.82) is 0 Å². The molecule has 0 saturated carbocycles. The third kappa shape index (κ3) is 6.77. The summed E-state index contributed by atoms with van der Waals surface area (Å²) in [5.41, 5.74) is 7.29. The number of ether oxygens (including phenoxy) is 1. The number of nitrogens with zero attached hydrogens (tertiary/aromatic N) is 2. The van der Waals surface area contributed by atoms with Crippen LogP contribution >= 0.6 is 0 Å². The molecular formula is C23H31N5O4S. The van der Waals surface area contributed by atoms with Crippen LogP contribution in [0.1, 0.15) is 13.3 Å². The Morgan fingerprint density at radius 2 is 2.18 bits per heavy atom. The fraction of sp³-hybridized carbons (Fsp3) is 0.391. The molecule has 10 heteroatoms. The average molecular weight is 474 g/mol. The van der Waals surface area contributed by atoms with Crippen molar-refractivity contribution in [3.63, 3.8) is 0 Å². The molecule has 0 bridgehead atoms. The lowest BCUT2D eigenvalue weighted by Crippen LogP contribution is -2.42. The molecule has 0 radical (unpaired) electrons. The molecule has 2 aliphatic heterocycles. The highest BCUT2D eigenvalue weighted by Crippen LogP contribution is 2.19. The van der Waals surface area contributed by atoms with Gasteiger partial charge in [-0.15, -0.1) is 0 Å². The normalized spacial score (nSPS) is 21.2. The third-order valence-electron chi connectivity index (χ3n) is 5.35. The molecule has 1 atom stereocenters. The van der Waals surface area contributed by atoms with E-state index in [2.05, 4.69) is 15.5 Å². The third-order valence-corrected chi connectivity index (χ3v) is 6.46. The Bertz CT molecular complexity index is 1120. The van der Waals surface area contributed by atoms with Crippen molar-refractivity contribution in [1.82, 2.24) is 10.2 Å². The second-order valence-corrected chi connectivity index (χ2v) is 10.1. The van der Waals surface area contributed by atoms with Gasteiger partial charge in [0.05, 0.1) is 29.7 Å². The minimum atomic E-state index is -3.39. The molecule has 0 aromatic heterocycles. The predicted molar refractivity (Wildman–Crippen MR) is 130 cm³/mol. The van der Waals surface area contributed by atoms with Crippen molar-refractivity contribution >= 4 is 27.3 Å². The molecule has 1 aromatic rings. The number of carbonyl (C=O) groups is 1. The summed E-state index contributed by atoms with van der Waals surface area (Å²) in [7, 11) is -1.34. The minimum absolute atomic E-state index is 0.0282. The predicted octanol–water partition coefficient (Wildman–Crippen LogP) is 1.42. The molecule has 4 N–H and O–H groups in total. The highest BCUT2D eigenvalue weighted by atomic mass is 32.2. The summed E-state index contributed by atoms with van der Waals surface area (Å²) in [4.78, 5) is 19.3. The molecule has 0 spiro atoms. The van der Waals surface area contributed by atoms with Crippen molar-refractivity contribution in [2.45, 2.75) is 24.3 Å². The second kappa shape index (κ2) is 10.8. The Morgan fingerprint density at radius 3 is 2.85 bits per heavy atom. The quantitative estimate of drug-likeness (QED) is 0.547. The van der Waals surface area contributed by atoms with Crippen LogP contribution in [0.3, 0.4) is 0 Å². The largest absolute Gasteiger partial charge is 0.374 e. The van der Waals surface area contributed by atoms with Crippen LogP contribution < -0.4 is 16.4 Å². The van der Waals surface area contributed by atoms with Gasteiger partial charge in [-0.05, 0) is 43.3 Å². The van der Waals surface area contributed by atoms with E-state index >= 15 is 0 Å². The number of aliphatic imine (C=N–C) groups is 1. The number of nitrogens with two attached hydrogens (primary N) is 1. The van der Waals surface area contributed by atoms with Crippen LogP contribution in [0.5, 0.6) is 0 Å². The van der Waals surface area contributed by atoms with E-state index in [0.29, 0.717) is 36.9 Å². The maximum absolute atomic E-state index is 12.2. The van der Waals surface area contributed by atoms with Crippen molar-refractivity contribution in [2.24, 2.45) is 10.7 Å². The number of rotatable bonds is 7. The van der Waals surface area contributed by atoms with Gasteiger partial charge in [-0.2, -0.15) is 0 Å². The smallest absolute Gasteiger partial charge is 0.252 e. The van der Waals surface area contributed by atoms with Crippen molar-refractivity contribution in [3.05, 3.63) is 59.5 Å². The van der Waals surface area contributed by atoms with E-state index in [4.69, 9.17) is 15.5 Å². The van der Waals surface area contributed by atoms with E-state index in [1.807, 2.05) is 20.0 Å². The summed E-state index contributed by atoms with van der Waals surface area (Å²) in [5, 5.41) is 6.34. The first-order chi connectivity index (χ1) is 15.7. The second-order valence-electron chi connectivity index (χ2n) is 8.05. The summed E-state index contributed by atoms with van der Waals surface area (Å²) in [5.74, 6) is 0.286. The molecule has 9 nitrogen and oxygen atoms in total. The van der Waals surface area contributed by atoms with Crippen LogP contribution in [0, 0.1) is 0 Å². The maximum Gasteiger partial charge on any atom is 0.252 e. The van der Waals surface area contributed by atoms with Crippen LogP contribution in [-0.4, -0.2) is 70.7 Å². The van der Waals surface area contributed by atoms with Crippen molar-refractivity contribution in [3.8, 4) is 0 Å². The number of hydrogen-bond donors (Lipinski definition) is 3. The molecular weight excluding hydrogens is 442 g/mol. The number of allylic oxidation sites excluding steroid dienone is 2. The first-order valence-electron chi connectivity index (χ1n) is 10.8. The number of amidine groups is 1. The Morgan fingerprint density at radius 1 is 1.39 bits per heavy atom. The summed E-state index contributed by atoms with van der Waals surface area (Å²) >= 11 is 0. The van der Waals surface area contributed by atoms with Crippen LogP contribution in [0.25, 0.3) is 0 Å². The molecule has 33 heavy (non-hydrogen) atoms. The van der Waals surface area contributed by atoms with E-state index in [9.17, 15) is 13.2 Å². The highest BCUT2D eigenvalue weighted by molar-refractivity contribution is 7.90. The van der Waals surface area contributed by atoms with Gasteiger partial charge in [0.1, 0.15) is 11.7 Å². The summed E-state index contributed by atoms with van der Waals surface area (Å²) < 4.78 is 29.7. The minimum Gasteiger partial charge on any atom is -0.374 e. The molecule has 0 aliphatic carbocycles. The summed E-state index contributed by atoms with van der Waals surface area (Å²) in [6, 6.07) is 6.36. The molecule has 1 aromatic carbocycles. The van der Waals surface area contributed by atoms with Crippen LogP contribution in [-0.2, 0) is 19.4 Å². The molecule has 1 fully saturated rings. The van der Waals surface area contributed by atoms with Gasteiger partial charge in [-0.3, -0.25) is 9.79 Å². The molecule has 3 rings (SSSR count). The molecule has 1 amide bonds. The number of hydrogen-bond acceptors (Lipinski definition) is 7. The number of anilines is 1. The number of benzene rings is 1. The van der Waals surface area contributed by atoms with E-state index in [1.165, 1.54) is 12.1 Å². The lowest BCUT2D eigenvalue weighted by molar-refractivity contribution is -0.114. The topological polar surface area (TPSA) is 126 Å². The fourth-order valence-corrected chi connectivity index (χ4v) is 4.21. The van der Waals surface area contributed by atoms with E-state index in [-0.39, 0.29) is 16.6 Å². The Hall–Kier alpha value is -2.95. The Labute approximate surface area is 195 Å². The fourth-order valence-electron chi connectivity index (χ4n) is 3.54. The zero-order chi connectivity index (χ0) is 24.0. The van der Waals surface area contributed by atoms with Crippen molar-refractivity contribution < 1.29 is 17.9 Å². The maximum atomic E-state index is 12.2. The molecule has 1 unspecified atom stereocenters. The number of likely N-dealkylation sites (N-methyl/N-ethyl adjacent to an activating group) is 1. The monoisotopic (exact) mass is 473 g/mol. The Kier molecular flexibility index (Phi) is 8.06. The summed E-state index contributed by atoms with van der Waals surface area (Å²) in [6.07, 6.45) is 7.09. The first-order valence-corrected chi connectivity index (χ1v) is 12.7. The lowest BCUT2D eigenvalue weighted by atomic mass is 10.1. The van der Waals surface area contributed by atoms with E-state index < -0.39 is 15.7 Å². The first kappa shape index (κ1) is 24.7. The average Bonchev–Trinajstić information content (AvgIpc) is 2.74. The van der Waals surface area contributed by atoms with Crippen LogP contribution in [0.4, 0.5) is 5.69 Å². The molecule has 1 saturated heterocycles. The van der Waals surface area contributed by atoms with Crippen LogP contribution in [0.15, 0.2) is 69.3 Å². The Balaban J connectivity index is 1.95. The summed E-state index contributed by atoms with van der Waals surface area (Å²) in [6.45, 7) is 4.81. The van der Waals surface area contributed by atoms with Gasteiger partial charge in [-0.1, -0.05) is 25.1 Å². The van der Waals surface area contributed by atoms with Gasteiger partial charge >= 0.3 is 0 Å². The number of nitrogens with one attached hydrogen (secondary N) is 2. The van der Waals surface area contributed by atoms with Crippen molar-refractivity contribution in [2.75, 3.05) is 44.9 Å². The van der Waals surface area contributed by atoms with Gasteiger partial charge in [0, 0.05) is 25.0 Å². The van der Waals surface area contributed by atoms with E-state index in [0.717, 1.165) is 24.9 Å². The van der Waals surface area contributed by atoms with E-state index in [1.54, 1.807) is 24.3 Å². The molecule has 2 aliphatic rings. The van der Waals surface area contributed by atoms with Gasteiger partial charge in [-0.25, -0.2) is 8.42 Å². The zero-order valence-corrected chi connectivity index (χ0v) is 20.0. The molecule has 2 heterocycles. The SMILES string of the molecule is CCC1=CC=CC(C(N)=O)=C(Nc2cccc(S(C)(=O)=O)c2)NC1=NCC1CN(C)CCO1. The number of primary amides is 1. The van der Waals surface area contributed by atoms with Crippen LogP contribution in [0.2, 0.25) is 0 Å². The lowest BCUT2D eigenvalue weighted by Gasteiger charge is -2.29. The van der Waals surface area contributed by atoms with Gasteiger partial charge in [0.25, 0.3) is 5.91 Å². The number of morpholine rings is 1. The van der Waals surface area contributed by atoms with Gasteiger partial charge in [0.15, 0.2) is 9.84 Å². The standard InChI is InChI=1S/C23H31N5O4S/c1-4-16-7-5-10-20(21(24)29)23(26-17-8-6-9-19(13-17)33(3,30)31)27-22(16)25-14-18-15-28(2)11-12-32-18/h5-10,13,18H,4,11-12,14-15H2,1-3H3,(H2,24,29)(H2,25,26,27).